The third kappa shape index (κ3) is 3.22. The van der Waals surface area contributed by atoms with Crippen LogP contribution in [0.4, 0.5) is 0 Å². The van der Waals surface area contributed by atoms with Crippen molar-refractivity contribution in [2.24, 2.45) is 0 Å². The number of aryl methyl sites for hydroxylation is 3. The van der Waals surface area contributed by atoms with Gasteiger partial charge in [0.15, 0.2) is 0 Å². The van der Waals surface area contributed by atoms with Crippen LogP contribution in [-0.2, 0) is 16.4 Å². The van der Waals surface area contributed by atoms with Crippen LogP contribution in [-0.4, -0.2) is 18.6 Å². The smallest absolute Gasteiger partial charge is 0.242 e. The van der Waals surface area contributed by atoms with E-state index < -0.39 is 10.0 Å². The summed E-state index contributed by atoms with van der Waals surface area (Å²) in [5.74, 6) is 0. The molecule has 1 aliphatic carbocycles. The van der Waals surface area contributed by atoms with Gasteiger partial charge in [-0.15, -0.1) is 11.3 Å². The molecular weight excluding hydrogens is 366 g/mol. The number of rotatable bonds is 4. The first-order valence-corrected chi connectivity index (χ1v) is 11.0. The van der Waals surface area contributed by atoms with Crippen molar-refractivity contribution in [3.05, 3.63) is 58.1 Å². The number of nitrogens with zero attached hydrogens (tertiary/aromatic N) is 1. The van der Waals surface area contributed by atoms with Crippen molar-refractivity contribution in [1.29, 1.82) is 0 Å². The summed E-state index contributed by atoms with van der Waals surface area (Å²) < 4.78 is 29.0. The first-order valence-electron chi connectivity index (χ1n) is 8.67. The third-order valence-corrected chi connectivity index (χ3v) is 7.59. The number of nitrogens with one attached hydrogen (secondary N) is 2. The zero-order valence-electron chi connectivity index (χ0n) is 14.7. The Hall–Kier alpha value is -1.96. The fourth-order valence-corrected chi connectivity index (χ4v) is 6.33. The molecule has 0 amide bonds. The topological polar surface area (TPSA) is 74.8 Å². The van der Waals surface area contributed by atoms with Gasteiger partial charge in [0.1, 0.15) is 5.69 Å². The molecule has 0 fully saturated rings. The maximum absolute atomic E-state index is 13.0. The van der Waals surface area contributed by atoms with Crippen LogP contribution in [0, 0.1) is 13.8 Å². The average Bonchev–Trinajstić information content (AvgIpc) is 3.21. The molecule has 1 aromatic carbocycles. The van der Waals surface area contributed by atoms with E-state index in [0.717, 1.165) is 46.0 Å². The summed E-state index contributed by atoms with van der Waals surface area (Å²) in [6.07, 6.45) is 2.82. The Morgan fingerprint density at radius 3 is 2.81 bits per heavy atom. The number of aromatic amines is 1. The van der Waals surface area contributed by atoms with E-state index in [1.54, 1.807) is 6.07 Å². The van der Waals surface area contributed by atoms with Crippen molar-refractivity contribution in [3.8, 4) is 10.6 Å². The second kappa shape index (κ2) is 6.64. The highest BCUT2D eigenvalue weighted by molar-refractivity contribution is 7.89. The zero-order valence-corrected chi connectivity index (χ0v) is 16.4. The van der Waals surface area contributed by atoms with E-state index in [0.29, 0.717) is 4.90 Å². The minimum absolute atomic E-state index is 0.166. The van der Waals surface area contributed by atoms with Gasteiger partial charge in [-0.05, 0) is 56.4 Å². The SMILES string of the molecule is Cc1cc(-c2cc(S(=O)(=O)N[C@H]3CCCc4ccccc43)c(C)s2)n[nH]1. The molecule has 7 heteroatoms. The molecule has 136 valence electrons. The molecule has 0 bridgehead atoms. The molecule has 0 radical (unpaired) electrons. The fraction of sp³-hybridized carbons (Fsp3) is 0.316. The number of sulfonamides is 1. The summed E-state index contributed by atoms with van der Waals surface area (Å²) in [5, 5.41) is 7.14. The molecule has 0 unspecified atom stereocenters. The first-order chi connectivity index (χ1) is 12.4. The highest BCUT2D eigenvalue weighted by Crippen LogP contribution is 2.35. The maximum Gasteiger partial charge on any atom is 0.242 e. The fourth-order valence-electron chi connectivity index (χ4n) is 3.53. The van der Waals surface area contributed by atoms with E-state index in [-0.39, 0.29) is 6.04 Å². The van der Waals surface area contributed by atoms with Crippen LogP contribution in [0.25, 0.3) is 10.6 Å². The van der Waals surface area contributed by atoms with Gasteiger partial charge in [-0.3, -0.25) is 5.10 Å². The average molecular weight is 388 g/mol. The summed E-state index contributed by atoms with van der Waals surface area (Å²) in [5.41, 5.74) is 4.06. The van der Waals surface area contributed by atoms with E-state index >= 15 is 0 Å². The monoisotopic (exact) mass is 387 g/mol. The minimum Gasteiger partial charge on any atom is -0.282 e. The Balaban J connectivity index is 1.65. The molecule has 1 aliphatic rings. The molecule has 5 nitrogen and oxygen atoms in total. The number of benzene rings is 1. The lowest BCUT2D eigenvalue weighted by atomic mass is 9.88. The van der Waals surface area contributed by atoms with Crippen molar-refractivity contribution in [2.75, 3.05) is 0 Å². The van der Waals surface area contributed by atoms with E-state index in [4.69, 9.17) is 0 Å². The van der Waals surface area contributed by atoms with Crippen LogP contribution >= 0.6 is 11.3 Å². The van der Waals surface area contributed by atoms with Gasteiger partial charge in [0.25, 0.3) is 0 Å². The molecule has 0 saturated heterocycles. The maximum atomic E-state index is 13.0. The molecule has 3 aromatic rings. The minimum atomic E-state index is -3.59. The summed E-state index contributed by atoms with van der Waals surface area (Å²) >= 11 is 1.45. The van der Waals surface area contributed by atoms with Gasteiger partial charge in [-0.1, -0.05) is 24.3 Å². The summed E-state index contributed by atoms with van der Waals surface area (Å²) in [6.45, 7) is 3.77. The van der Waals surface area contributed by atoms with Gasteiger partial charge in [-0.25, -0.2) is 13.1 Å². The van der Waals surface area contributed by atoms with Crippen LogP contribution in [0.2, 0.25) is 0 Å². The number of fused-ring (bicyclic) bond motifs is 1. The van der Waals surface area contributed by atoms with Crippen molar-refractivity contribution in [2.45, 2.75) is 44.0 Å². The van der Waals surface area contributed by atoms with Crippen molar-refractivity contribution in [1.82, 2.24) is 14.9 Å². The number of thiophene rings is 1. The number of hydrogen-bond acceptors (Lipinski definition) is 4. The van der Waals surface area contributed by atoms with Crippen molar-refractivity contribution < 1.29 is 8.42 Å². The Bertz CT molecular complexity index is 1050. The van der Waals surface area contributed by atoms with Gasteiger partial charge in [-0.2, -0.15) is 5.10 Å². The summed E-state index contributed by atoms with van der Waals surface area (Å²) in [6, 6.07) is 11.6. The van der Waals surface area contributed by atoms with Gasteiger partial charge >= 0.3 is 0 Å². The normalized spacial score (nSPS) is 17.2. The van der Waals surface area contributed by atoms with Crippen LogP contribution in [0.5, 0.6) is 0 Å². The molecule has 2 N–H and O–H groups in total. The van der Waals surface area contributed by atoms with Gasteiger partial charge in [0.2, 0.25) is 10.0 Å². The molecule has 4 rings (SSSR count). The standard InChI is InChI=1S/C19H21N3O2S2/c1-12-10-17(21-20-12)18-11-19(13(2)25-18)26(23,24)22-16-9-5-7-14-6-3-4-8-15(14)16/h3-4,6,8,10-11,16,22H,5,7,9H2,1-2H3,(H,20,21)/t16-/m0/s1. The van der Waals surface area contributed by atoms with Crippen LogP contribution in [0.3, 0.4) is 0 Å². The van der Waals surface area contributed by atoms with E-state index in [9.17, 15) is 8.42 Å². The number of hydrogen-bond donors (Lipinski definition) is 2. The van der Waals surface area contributed by atoms with E-state index in [1.165, 1.54) is 16.9 Å². The Morgan fingerprint density at radius 2 is 2.04 bits per heavy atom. The molecule has 26 heavy (non-hydrogen) atoms. The number of aromatic nitrogens is 2. The van der Waals surface area contributed by atoms with Crippen molar-refractivity contribution in [3.63, 3.8) is 0 Å². The highest BCUT2D eigenvalue weighted by atomic mass is 32.2. The first kappa shape index (κ1) is 17.5. The van der Waals surface area contributed by atoms with Crippen LogP contribution in [0.1, 0.15) is 40.6 Å². The zero-order chi connectivity index (χ0) is 18.3. The van der Waals surface area contributed by atoms with Gasteiger partial charge in [0.05, 0.1) is 9.77 Å². The number of H-pyrrole nitrogens is 1. The van der Waals surface area contributed by atoms with E-state index in [2.05, 4.69) is 21.0 Å². The van der Waals surface area contributed by atoms with Gasteiger partial charge in [0, 0.05) is 16.6 Å². The van der Waals surface area contributed by atoms with Crippen LogP contribution in [0.15, 0.2) is 41.3 Å². The molecule has 2 heterocycles. The van der Waals surface area contributed by atoms with E-state index in [1.807, 2.05) is 38.1 Å². The quantitative estimate of drug-likeness (QED) is 0.707. The lowest BCUT2D eigenvalue weighted by molar-refractivity contribution is 0.507. The predicted molar refractivity (Wildman–Crippen MR) is 104 cm³/mol. The Morgan fingerprint density at radius 1 is 1.23 bits per heavy atom. The Kier molecular flexibility index (Phi) is 4.46. The largest absolute Gasteiger partial charge is 0.282 e. The molecule has 0 saturated carbocycles. The molecule has 0 spiro atoms. The molecule has 2 aromatic heterocycles. The second-order valence-corrected chi connectivity index (χ2v) is 9.67. The Labute approximate surface area is 157 Å². The molecule has 0 aliphatic heterocycles. The second-order valence-electron chi connectivity index (χ2n) is 6.73. The van der Waals surface area contributed by atoms with Crippen LogP contribution < -0.4 is 4.72 Å². The van der Waals surface area contributed by atoms with Crippen molar-refractivity contribution >= 4 is 21.4 Å². The molecular formula is C19H21N3O2S2. The van der Waals surface area contributed by atoms with Gasteiger partial charge < -0.3 is 0 Å². The lowest BCUT2D eigenvalue weighted by Gasteiger charge is -2.26. The summed E-state index contributed by atoms with van der Waals surface area (Å²) in [4.78, 5) is 1.98. The lowest BCUT2D eigenvalue weighted by Crippen LogP contribution is -2.31. The third-order valence-electron chi connectivity index (χ3n) is 4.79. The molecule has 1 atom stereocenters. The highest BCUT2D eigenvalue weighted by Gasteiger charge is 2.28. The summed E-state index contributed by atoms with van der Waals surface area (Å²) in [7, 11) is -3.59. The predicted octanol–water partition coefficient (Wildman–Crippen LogP) is 4.11.